The summed E-state index contributed by atoms with van der Waals surface area (Å²) in [5.41, 5.74) is 1.89. The van der Waals surface area contributed by atoms with Gasteiger partial charge in [0.15, 0.2) is 0 Å². The van der Waals surface area contributed by atoms with Crippen LogP contribution in [0.3, 0.4) is 0 Å². The molecule has 2 N–H and O–H groups in total. The maximum absolute atomic E-state index is 11.8. The van der Waals surface area contributed by atoms with Crippen LogP contribution in [0.2, 0.25) is 0 Å². The number of aryl methyl sites for hydroxylation is 2. The second-order valence-corrected chi connectivity index (χ2v) is 5.21. The van der Waals surface area contributed by atoms with Gasteiger partial charge in [-0.3, -0.25) is 9.59 Å². The van der Waals surface area contributed by atoms with Gasteiger partial charge in [0.25, 0.3) is 0 Å². The fourth-order valence-electron chi connectivity index (χ4n) is 1.50. The van der Waals surface area contributed by atoms with Crippen LogP contribution < -0.4 is 5.32 Å². The Balaban J connectivity index is 2.71. The molecule has 0 aliphatic rings. The zero-order chi connectivity index (χ0) is 13.9. The highest BCUT2D eigenvalue weighted by molar-refractivity contribution is 5.94. The quantitative estimate of drug-likeness (QED) is 0.862. The number of anilines is 1. The minimum absolute atomic E-state index is 0.0464. The number of hydrogen-bond donors (Lipinski definition) is 2. The van der Waals surface area contributed by atoms with Crippen LogP contribution in [0.25, 0.3) is 0 Å². The lowest BCUT2D eigenvalue weighted by molar-refractivity contribution is -0.148. The van der Waals surface area contributed by atoms with Crippen molar-refractivity contribution in [3.05, 3.63) is 29.3 Å². The topological polar surface area (TPSA) is 66.4 Å². The molecule has 4 nitrogen and oxygen atoms in total. The van der Waals surface area contributed by atoms with Crippen molar-refractivity contribution in [3.63, 3.8) is 0 Å². The van der Waals surface area contributed by atoms with Gasteiger partial charge in [-0.05, 0) is 51.0 Å². The third kappa shape index (κ3) is 3.58. The van der Waals surface area contributed by atoms with Crippen molar-refractivity contribution >= 4 is 17.6 Å². The molecule has 0 aliphatic heterocycles. The van der Waals surface area contributed by atoms with Crippen LogP contribution in [0.4, 0.5) is 5.69 Å². The molecule has 0 aliphatic carbocycles. The highest BCUT2D eigenvalue weighted by atomic mass is 16.4. The standard InChI is InChI=1S/C14H19NO3/c1-9-5-6-11(7-10(9)2)15-12(16)8-14(3,4)13(17)18/h5-7H,8H2,1-4H3,(H,15,16)(H,17,18). The molecule has 0 radical (unpaired) electrons. The Bertz CT molecular complexity index is 478. The molecule has 0 aromatic heterocycles. The van der Waals surface area contributed by atoms with Gasteiger partial charge in [-0.15, -0.1) is 0 Å². The molecule has 0 bridgehead atoms. The molecule has 1 aromatic rings. The first kappa shape index (κ1) is 14.2. The third-order valence-corrected chi connectivity index (χ3v) is 2.97. The number of benzene rings is 1. The number of amides is 1. The summed E-state index contributed by atoms with van der Waals surface area (Å²) in [6.45, 7) is 7.03. The van der Waals surface area contributed by atoms with E-state index in [2.05, 4.69) is 5.32 Å². The first-order valence-corrected chi connectivity index (χ1v) is 5.83. The van der Waals surface area contributed by atoms with Gasteiger partial charge in [0.2, 0.25) is 5.91 Å². The van der Waals surface area contributed by atoms with E-state index in [4.69, 9.17) is 5.11 Å². The molecule has 0 unspecified atom stereocenters. The van der Waals surface area contributed by atoms with Crippen LogP contribution in [-0.4, -0.2) is 17.0 Å². The zero-order valence-electron chi connectivity index (χ0n) is 11.2. The first-order chi connectivity index (χ1) is 8.22. The van der Waals surface area contributed by atoms with E-state index >= 15 is 0 Å². The molecule has 0 saturated heterocycles. The number of nitrogens with one attached hydrogen (secondary N) is 1. The fraction of sp³-hybridized carbons (Fsp3) is 0.429. The summed E-state index contributed by atoms with van der Waals surface area (Å²) in [5, 5.41) is 11.7. The summed E-state index contributed by atoms with van der Waals surface area (Å²) in [5.74, 6) is -1.26. The summed E-state index contributed by atoms with van der Waals surface area (Å²) >= 11 is 0. The van der Waals surface area contributed by atoms with Crippen molar-refractivity contribution in [2.24, 2.45) is 5.41 Å². The van der Waals surface area contributed by atoms with Crippen LogP contribution in [0.15, 0.2) is 18.2 Å². The van der Waals surface area contributed by atoms with Crippen molar-refractivity contribution in [1.29, 1.82) is 0 Å². The maximum Gasteiger partial charge on any atom is 0.309 e. The molecule has 98 valence electrons. The van der Waals surface area contributed by atoms with Gasteiger partial charge in [-0.1, -0.05) is 6.07 Å². The average Bonchev–Trinajstić information content (AvgIpc) is 2.22. The van der Waals surface area contributed by atoms with Crippen LogP contribution >= 0.6 is 0 Å². The number of aliphatic carboxylic acids is 1. The van der Waals surface area contributed by atoms with Crippen LogP contribution in [0.1, 0.15) is 31.4 Å². The van der Waals surface area contributed by atoms with E-state index in [0.29, 0.717) is 5.69 Å². The van der Waals surface area contributed by atoms with Crippen molar-refractivity contribution in [1.82, 2.24) is 0 Å². The Labute approximate surface area is 107 Å². The smallest absolute Gasteiger partial charge is 0.309 e. The van der Waals surface area contributed by atoms with E-state index in [0.717, 1.165) is 11.1 Å². The number of carboxylic acid groups (broad SMARTS) is 1. The molecule has 1 aromatic carbocycles. The SMILES string of the molecule is Cc1ccc(NC(=O)CC(C)(C)C(=O)O)cc1C. The Kier molecular flexibility index (Phi) is 4.11. The minimum atomic E-state index is -1.05. The van der Waals surface area contributed by atoms with E-state index in [1.807, 2.05) is 32.0 Å². The molecule has 0 heterocycles. The molecule has 1 amide bonds. The van der Waals surface area contributed by atoms with Crippen LogP contribution in [0.5, 0.6) is 0 Å². The Hall–Kier alpha value is -1.84. The third-order valence-electron chi connectivity index (χ3n) is 2.97. The van der Waals surface area contributed by atoms with Crippen LogP contribution in [0, 0.1) is 19.3 Å². The van der Waals surface area contributed by atoms with Crippen molar-refractivity contribution < 1.29 is 14.7 Å². The van der Waals surface area contributed by atoms with Gasteiger partial charge < -0.3 is 10.4 Å². The fourth-order valence-corrected chi connectivity index (χ4v) is 1.50. The Morgan fingerprint density at radius 1 is 1.22 bits per heavy atom. The second kappa shape index (κ2) is 5.21. The molecule has 4 heteroatoms. The monoisotopic (exact) mass is 249 g/mol. The Morgan fingerprint density at radius 2 is 1.83 bits per heavy atom. The first-order valence-electron chi connectivity index (χ1n) is 5.83. The van der Waals surface area contributed by atoms with Gasteiger partial charge in [0.05, 0.1) is 5.41 Å². The van der Waals surface area contributed by atoms with E-state index < -0.39 is 11.4 Å². The van der Waals surface area contributed by atoms with E-state index in [1.165, 1.54) is 13.8 Å². The van der Waals surface area contributed by atoms with Crippen LogP contribution in [-0.2, 0) is 9.59 Å². The molecule has 0 spiro atoms. The van der Waals surface area contributed by atoms with Crippen molar-refractivity contribution in [3.8, 4) is 0 Å². The predicted molar refractivity (Wildman–Crippen MR) is 70.6 cm³/mol. The molecule has 0 fully saturated rings. The lowest BCUT2D eigenvalue weighted by Crippen LogP contribution is -2.29. The normalized spacial score (nSPS) is 11.1. The number of carboxylic acids is 1. The molecular formula is C14H19NO3. The number of carbonyl (C=O) groups is 2. The summed E-state index contributed by atoms with van der Waals surface area (Å²) < 4.78 is 0. The minimum Gasteiger partial charge on any atom is -0.481 e. The highest BCUT2D eigenvalue weighted by Gasteiger charge is 2.30. The van der Waals surface area contributed by atoms with Gasteiger partial charge >= 0.3 is 5.97 Å². The molecule has 1 rings (SSSR count). The summed E-state index contributed by atoms with van der Waals surface area (Å²) in [6.07, 6.45) is -0.0464. The van der Waals surface area contributed by atoms with E-state index in [1.54, 1.807) is 0 Å². The lowest BCUT2D eigenvalue weighted by atomic mass is 9.89. The van der Waals surface area contributed by atoms with Crippen molar-refractivity contribution in [2.45, 2.75) is 34.1 Å². The maximum atomic E-state index is 11.8. The number of hydrogen-bond acceptors (Lipinski definition) is 2. The summed E-state index contributed by atoms with van der Waals surface area (Å²) in [4.78, 5) is 22.7. The van der Waals surface area contributed by atoms with E-state index in [-0.39, 0.29) is 12.3 Å². The summed E-state index contributed by atoms with van der Waals surface area (Å²) in [7, 11) is 0. The summed E-state index contributed by atoms with van der Waals surface area (Å²) in [6, 6.07) is 5.61. The number of carbonyl (C=O) groups excluding carboxylic acids is 1. The lowest BCUT2D eigenvalue weighted by Gasteiger charge is -2.18. The molecule has 18 heavy (non-hydrogen) atoms. The zero-order valence-corrected chi connectivity index (χ0v) is 11.2. The second-order valence-electron chi connectivity index (χ2n) is 5.21. The molecular weight excluding hydrogens is 230 g/mol. The molecule has 0 saturated carbocycles. The van der Waals surface area contributed by atoms with Gasteiger partial charge in [-0.2, -0.15) is 0 Å². The highest BCUT2D eigenvalue weighted by Crippen LogP contribution is 2.22. The van der Waals surface area contributed by atoms with Gasteiger partial charge in [0.1, 0.15) is 0 Å². The number of rotatable bonds is 4. The van der Waals surface area contributed by atoms with Crippen molar-refractivity contribution in [2.75, 3.05) is 5.32 Å². The molecule has 0 atom stereocenters. The van der Waals surface area contributed by atoms with Gasteiger partial charge in [-0.25, -0.2) is 0 Å². The van der Waals surface area contributed by atoms with E-state index in [9.17, 15) is 9.59 Å². The largest absolute Gasteiger partial charge is 0.481 e. The predicted octanol–water partition coefficient (Wildman–Crippen LogP) is 2.74. The van der Waals surface area contributed by atoms with Gasteiger partial charge in [0, 0.05) is 12.1 Å². The average molecular weight is 249 g/mol. The Morgan fingerprint density at radius 3 is 2.33 bits per heavy atom.